The summed E-state index contributed by atoms with van der Waals surface area (Å²) in [5.74, 6) is 0.277. The lowest BCUT2D eigenvalue weighted by molar-refractivity contribution is -0.119. The van der Waals surface area contributed by atoms with Crippen molar-refractivity contribution >= 4 is 23.2 Å². The number of nitrogens with one attached hydrogen (secondary N) is 2. The summed E-state index contributed by atoms with van der Waals surface area (Å²) in [6, 6.07) is 5.28. The first-order valence-corrected chi connectivity index (χ1v) is 6.21. The molecule has 1 aromatic carbocycles. The summed E-state index contributed by atoms with van der Waals surface area (Å²) in [6.07, 6.45) is 0.408. The van der Waals surface area contributed by atoms with Crippen LogP contribution in [0.3, 0.4) is 0 Å². The van der Waals surface area contributed by atoms with Crippen molar-refractivity contribution in [3.63, 3.8) is 0 Å². The molecule has 5 heteroatoms. The molecule has 0 aliphatic carbocycles. The zero-order valence-corrected chi connectivity index (χ0v) is 11.4. The van der Waals surface area contributed by atoms with Crippen LogP contribution in [0.2, 0.25) is 0 Å². The summed E-state index contributed by atoms with van der Waals surface area (Å²) in [7, 11) is 0. The second-order valence-electron chi connectivity index (χ2n) is 5.80. The zero-order valence-electron chi connectivity index (χ0n) is 11.4. The highest BCUT2D eigenvalue weighted by Crippen LogP contribution is 2.35. The number of amides is 2. The number of carbonyl (C=O) groups is 2. The zero-order chi connectivity index (χ0) is 14.0. The Labute approximate surface area is 112 Å². The lowest BCUT2D eigenvalue weighted by Crippen LogP contribution is -2.27. The SMILES string of the molecule is CC(C)(C)CC(=O)Nc1cccc2c1NC(=O)CO2. The Balaban J connectivity index is 2.17. The smallest absolute Gasteiger partial charge is 0.262 e. The Bertz CT molecular complexity index is 518. The van der Waals surface area contributed by atoms with Gasteiger partial charge in [0.05, 0.1) is 5.69 Å². The predicted octanol–water partition coefficient (Wildman–Crippen LogP) is 2.39. The van der Waals surface area contributed by atoms with Crippen molar-refractivity contribution in [2.45, 2.75) is 27.2 Å². The van der Waals surface area contributed by atoms with E-state index >= 15 is 0 Å². The quantitative estimate of drug-likeness (QED) is 0.860. The monoisotopic (exact) mass is 262 g/mol. The molecule has 0 unspecified atom stereocenters. The van der Waals surface area contributed by atoms with Crippen LogP contribution >= 0.6 is 0 Å². The van der Waals surface area contributed by atoms with Crippen LogP contribution in [0.15, 0.2) is 18.2 Å². The summed E-state index contributed by atoms with van der Waals surface area (Å²) in [5.41, 5.74) is 1.01. The standard InChI is InChI=1S/C14H18N2O3/c1-14(2,3)7-11(17)15-9-5-4-6-10-13(9)16-12(18)8-19-10/h4-6H,7-8H2,1-3H3,(H,15,17)(H,16,18). The van der Waals surface area contributed by atoms with Crippen molar-refractivity contribution in [1.29, 1.82) is 0 Å². The molecule has 0 spiro atoms. The third kappa shape index (κ3) is 3.47. The van der Waals surface area contributed by atoms with Crippen LogP contribution in [-0.4, -0.2) is 18.4 Å². The molecule has 1 aliphatic heterocycles. The van der Waals surface area contributed by atoms with E-state index in [1.54, 1.807) is 18.2 Å². The first-order valence-electron chi connectivity index (χ1n) is 6.21. The highest BCUT2D eigenvalue weighted by molar-refractivity contribution is 6.03. The van der Waals surface area contributed by atoms with Gasteiger partial charge in [0.1, 0.15) is 11.4 Å². The molecule has 0 atom stereocenters. The molecule has 0 saturated carbocycles. The average molecular weight is 262 g/mol. The molecule has 0 saturated heterocycles. The summed E-state index contributed by atoms with van der Waals surface area (Å²) >= 11 is 0. The van der Waals surface area contributed by atoms with Crippen molar-refractivity contribution in [2.24, 2.45) is 5.41 Å². The van der Waals surface area contributed by atoms with Gasteiger partial charge in [-0.25, -0.2) is 0 Å². The fourth-order valence-corrected chi connectivity index (χ4v) is 1.88. The lowest BCUT2D eigenvalue weighted by Gasteiger charge is -2.22. The molecular formula is C14H18N2O3. The van der Waals surface area contributed by atoms with E-state index in [1.807, 2.05) is 20.8 Å². The van der Waals surface area contributed by atoms with Crippen LogP contribution < -0.4 is 15.4 Å². The Morgan fingerprint density at radius 1 is 1.42 bits per heavy atom. The number of benzene rings is 1. The molecule has 2 amide bonds. The molecule has 0 aromatic heterocycles. The van der Waals surface area contributed by atoms with Crippen LogP contribution in [0.4, 0.5) is 11.4 Å². The van der Waals surface area contributed by atoms with E-state index < -0.39 is 0 Å². The van der Waals surface area contributed by atoms with Gasteiger partial charge in [0.2, 0.25) is 5.91 Å². The molecule has 0 fully saturated rings. The van der Waals surface area contributed by atoms with Crippen molar-refractivity contribution < 1.29 is 14.3 Å². The van der Waals surface area contributed by atoms with Crippen molar-refractivity contribution in [1.82, 2.24) is 0 Å². The normalized spacial score (nSPS) is 14.2. The Morgan fingerprint density at radius 2 is 2.16 bits per heavy atom. The minimum atomic E-state index is -0.218. The highest BCUT2D eigenvalue weighted by Gasteiger charge is 2.21. The van der Waals surface area contributed by atoms with Crippen LogP contribution in [-0.2, 0) is 9.59 Å². The van der Waals surface area contributed by atoms with Gasteiger partial charge in [-0.05, 0) is 17.5 Å². The molecule has 0 radical (unpaired) electrons. The molecule has 1 aliphatic rings. The fourth-order valence-electron chi connectivity index (χ4n) is 1.88. The summed E-state index contributed by atoms with van der Waals surface area (Å²) in [6.45, 7) is 6.00. The van der Waals surface area contributed by atoms with E-state index in [2.05, 4.69) is 10.6 Å². The summed E-state index contributed by atoms with van der Waals surface area (Å²) < 4.78 is 5.30. The molecule has 0 bridgehead atoms. The fraction of sp³-hybridized carbons (Fsp3) is 0.429. The highest BCUT2D eigenvalue weighted by atomic mass is 16.5. The van der Waals surface area contributed by atoms with Crippen molar-refractivity contribution in [3.8, 4) is 5.75 Å². The van der Waals surface area contributed by atoms with Gasteiger partial charge in [-0.15, -0.1) is 0 Å². The maximum atomic E-state index is 11.9. The number of fused-ring (bicyclic) bond motifs is 1. The Morgan fingerprint density at radius 3 is 2.84 bits per heavy atom. The topological polar surface area (TPSA) is 67.4 Å². The molecule has 2 N–H and O–H groups in total. The van der Waals surface area contributed by atoms with Gasteiger partial charge in [-0.3, -0.25) is 9.59 Å². The van der Waals surface area contributed by atoms with Gasteiger partial charge in [-0.1, -0.05) is 26.8 Å². The van der Waals surface area contributed by atoms with Crippen LogP contribution in [0, 0.1) is 5.41 Å². The second kappa shape index (κ2) is 4.91. The van der Waals surface area contributed by atoms with Gasteiger partial charge in [0, 0.05) is 6.42 Å². The van der Waals surface area contributed by atoms with Crippen LogP contribution in [0.5, 0.6) is 5.75 Å². The third-order valence-electron chi connectivity index (χ3n) is 2.61. The minimum Gasteiger partial charge on any atom is -0.481 e. The third-order valence-corrected chi connectivity index (χ3v) is 2.61. The second-order valence-corrected chi connectivity index (χ2v) is 5.80. The number of ether oxygens (including phenoxy) is 1. The first kappa shape index (κ1) is 13.4. The van der Waals surface area contributed by atoms with E-state index in [1.165, 1.54) is 0 Å². The molecule has 5 nitrogen and oxygen atoms in total. The van der Waals surface area contributed by atoms with Gasteiger partial charge >= 0.3 is 0 Å². The van der Waals surface area contributed by atoms with Gasteiger partial charge in [0.15, 0.2) is 6.61 Å². The molecule has 2 rings (SSSR count). The predicted molar refractivity (Wildman–Crippen MR) is 73.3 cm³/mol. The maximum Gasteiger partial charge on any atom is 0.262 e. The molecule has 102 valence electrons. The van der Waals surface area contributed by atoms with Gasteiger partial charge in [0.25, 0.3) is 5.91 Å². The number of anilines is 2. The number of para-hydroxylation sites is 1. The van der Waals surface area contributed by atoms with E-state index in [0.717, 1.165) is 0 Å². The van der Waals surface area contributed by atoms with Crippen LogP contribution in [0.25, 0.3) is 0 Å². The summed E-state index contributed by atoms with van der Waals surface area (Å²) in [5, 5.41) is 5.53. The lowest BCUT2D eigenvalue weighted by atomic mass is 9.92. The number of rotatable bonds is 2. The van der Waals surface area contributed by atoms with E-state index in [9.17, 15) is 9.59 Å². The van der Waals surface area contributed by atoms with E-state index in [0.29, 0.717) is 23.5 Å². The summed E-state index contributed by atoms with van der Waals surface area (Å²) in [4.78, 5) is 23.3. The van der Waals surface area contributed by atoms with Crippen LogP contribution in [0.1, 0.15) is 27.2 Å². The molecule has 19 heavy (non-hydrogen) atoms. The molecule has 1 aromatic rings. The number of hydrogen-bond acceptors (Lipinski definition) is 3. The largest absolute Gasteiger partial charge is 0.481 e. The Hall–Kier alpha value is -2.04. The van der Waals surface area contributed by atoms with Gasteiger partial charge in [-0.2, -0.15) is 0 Å². The molecular weight excluding hydrogens is 244 g/mol. The van der Waals surface area contributed by atoms with Crippen molar-refractivity contribution in [2.75, 3.05) is 17.2 Å². The molecule has 1 heterocycles. The van der Waals surface area contributed by atoms with E-state index in [4.69, 9.17) is 4.74 Å². The average Bonchev–Trinajstić information content (AvgIpc) is 2.27. The number of hydrogen-bond donors (Lipinski definition) is 2. The first-order chi connectivity index (χ1) is 8.85. The minimum absolute atomic E-state index is 0.00634. The van der Waals surface area contributed by atoms with Gasteiger partial charge < -0.3 is 15.4 Å². The van der Waals surface area contributed by atoms with E-state index in [-0.39, 0.29) is 23.8 Å². The van der Waals surface area contributed by atoms with Crippen molar-refractivity contribution in [3.05, 3.63) is 18.2 Å². The maximum absolute atomic E-state index is 11.9. The Kier molecular flexibility index (Phi) is 3.46. The number of carbonyl (C=O) groups excluding carboxylic acids is 2.